The number of nitrogens with two attached hydrogens (primary N) is 1. The second-order valence-corrected chi connectivity index (χ2v) is 4.46. The van der Waals surface area contributed by atoms with Gasteiger partial charge in [-0.25, -0.2) is 14.2 Å². The number of carbonyl (C=O) groups is 1. The zero-order chi connectivity index (χ0) is 14.9. The maximum atomic E-state index is 13.9. The van der Waals surface area contributed by atoms with Crippen LogP contribution in [0.3, 0.4) is 0 Å². The number of nitrogens with one attached hydrogen (secondary N) is 1. The number of aromatic carboxylic acids is 1. The Kier molecular flexibility index (Phi) is 3.60. The molecule has 0 saturated heterocycles. The molecule has 7 heteroatoms. The number of nitrogens with zero attached hydrogens (tertiary/aromatic N) is 1. The van der Waals surface area contributed by atoms with E-state index < -0.39 is 11.8 Å². The summed E-state index contributed by atoms with van der Waals surface area (Å²) >= 11 is 0. The molecule has 0 spiro atoms. The zero-order valence-corrected chi connectivity index (χ0v) is 11.0. The van der Waals surface area contributed by atoms with Crippen LogP contribution in [0.2, 0.25) is 0 Å². The van der Waals surface area contributed by atoms with E-state index in [2.05, 4.69) is 9.97 Å². The van der Waals surface area contributed by atoms with Crippen molar-refractivity contribution in [2.24, 2.45) is 0 Å². The second kappa shape index (κ2) is 5.20. The fourth-order valence-electron chi connectivity index (χ4n) is 1.75. The molecule has 0 atom stereocenters. The molecule has 1 aromatic heterocycles. The smallest absolute Gasteiger partial charge is 0.354 e. The van der Waals surface area contributed by atoms with Crippen molar-refractivity contribution < 1.29 is 19.0 Å². The molecular weight excluding hydrogens is 265 g/mol. The minimum Gasteiger partial charge on any atom is -0.488 e. The number of nitrogen functional groups attached to an aromatic ring is 1. The first-order valence-corrected chi connectivity index (χ1v) is 5.94. The number of carboxylic acid groups (broad SMARTS) is 1. The standard InChI is InChI=1S/C13H14FN3O3/c1-6(2)20-9-4-3-7(5-8(9)14)10-11(12(18)19)17-13(15)16-10/h3-6H,1-2H3,(H,18,19)(H3,15,16,17). The van der Waals surface area contributed by atoms with Gasteiger partial charge in [0.05, 0.1) is 6.10 Å². The van der Waals surface area contributed by atoms with Crippen molar-refractivity contribution in [1.82, 2.24) is 9.97 Å². The lowest BCUT2D eigenvalue weighted by Crippen LogP contribution is -2.07. The number of carboxylic acids is 1. The molecule has 0 bridgehead atoms. The Labute approximate surface area is 114 Å². The molecular formula is C13H14FN3O3. The summed E-state index contributed by atoms with van der Waals surface area (Å²) in [7, 11) is 0. The molecule has 0 aliphatic carbocycles. The van der Waals surface area contributed by atoms with E-state index in [9.17, 15) is 9.18 Å². The largest absolute Gasteiger partial charge is 0.488 e. The molecule has 0 unspecified atom stereocenters. The van der Waals surface area contributed by atoms with E-state index in [4.69, 9.17) is 15.6 Å². The number of rotatable bonds is 4. The Morgan fingerprint density at radius 2 is 2.20 bits per heavy atom. The van der Waals surface area contributed by atoms with Crippen molar-refractivity contribution in [3.05, 3.63) is 29.7 Å². The molecule has 106 valence electrons. The number of hydrogen-bond acceptors (Lipinski definition) is 4. The van der Waals surface area contributed by atoms with Crippen LogP contribution >= 0.6 is 0 Å². The normalized spacial score (nSPS) is 10.8. The van der Waals surface area contributed by atoms with E-state index in [1.807, 2.05) is 0 Å². The van der Waals surface area contributed by atoms with Crippen molar-refractivity contribution in [3.63, 3.8) is 0 Å². The summed E-state index contributed by atoms with van der Waals surface area (Å²) in [5.74, 6) is -1.74. The van der Waals surface area contributed by atoms with Gasteiger partial charge in [-0.3, -0.25) is 0 Å². The quantitative estimate of drug-likeness (QED) is 0.797. The lowest BCUT2D eigenvalue weighted by molar-refractivity contribution is 0.0692. The molecule has 0 radical (unpaired) electrons. The van der Waals surface area contributed by atoms with Crippen LogP contribution in [-0.4, -0.2) is 27.1 Å². The van der Waals surface area contributed by atoms with Crippen molar-refractivity contribution in [2.75, 3.05) is 5.73 Å². The Morgan fingerprint density at radius 1 is 1.50 bits per heavy atom. The van der Waals surface area contributed by atoms with Crippen molar-refractivity contribution in [3.8, 4) is 17.0 Å². The Morgan fingerprint density at radius 3 is 2.75 bits per heavy atom. The number of ether oxygens (including phenoxy) is 1. The van der Waals surface area contributed by atoms with E-state index >= 15 is 0 Å². The monoisotopic (exact) mass is 279 g/mol. The molecule has 0 amide bonds. The maximum absolute atomic E-state index is 13.9. The first-order chi connectivity index (χ1) is 9.38. The third-order valence-corrected chi connectivity index (χ3v) is 2.50. The van der Waals surface area contributed by atoms with Gasteiger partial charge in [-0.15, -0.1) is 0 Å². The summed E-state index contributed by atoms with van der Waals surface area (Å²) in [6.45, 7) is 3.56. The number of aromatic nitrogens is 2. The molecule has 0 aliphatic rings. The highest BCUT2D eigenvalue weighted by molar-refractivity contribution is 5.93. The van der Waals surface area contributed by atoms with Crippen molar-refractivity contribution in [2.45, 2.75) is 20.0 Å². The number of anilines is 1. The Balaban J connectivity index is 2.44. The first-order valence-electron chi connectivity index (χ1n) is 5.94. The number of aromatic amines is 1. The van der Waals surface area contributed by atoms with Crippen LogP contribution in [0.15, 0.2) is 18.2 Å². The van der Waals surface area contributed by atoms with Gasteiger partial charge in [0, 0.05) is 5.56 Å². The van der Waals surface area contributed by atoms with E-state index in [-0.39, 0.29) is 29.2 Å². The average Bonchev–Trinajstić information content (AvgIpc) is 2.73. The fourth-order valence-corrected chi connectivity index (χ4v) is 1.75. The topological polar surface area (TPSA) is 101 Å². The molecule has 20 heavy (non-hydrogen) atoms. The van der Waals surface area contributed by atoms with Crippen molar-refractivity contribution >= 4 is 11.9 Å². The van der Waals surface area contributed by atoms with Gasteiger partial charge in [-0.1, -0.05) is 0 Å². The molecule has 4 N–H and O–H groups in total. The Hall–Kier alpha value is -2.57. The Bertz CT molecular complexity index is 652. The molecule has 1 heterocycles. The van der Waals surface area contributed by atoms with Crippen LogP contribution in [0.25, 0.3) is 11.3 Å². The van der Waals surface area contributed by atoms with Gasteiger partial charge in [0.15, 0.2) is 23.2 Å². The van der Waals surface area contributed by atoms with Gasteiger partial charge in [-0.05, 0) is 32.0 Å². The minimum absolute atomic E-state index is 0.0414. The molecule has 6 nitrogen and oxygen atoms in total. The van der Waals surface area contributed by atoms with Gasteiger partial charge in [0.2, 0.25) is 0 Å². The van der Waals surface area contributed by atoms with Crippen molar-refractivity contribution in [1.29, 1.82) is 0 Å². The number of H-pyrrole nitrogens is 1. The van der Waals surface area contributed by atoms with Crippen LogP contribution in [0.5, 0.6) is 5.75 Å². The van der Waals surface area contributed by atoms with Gasteiger partial charge >= 0.3 is 5.97 Å². The van der Waals surface area contributed by atoms with E-state index in [0.29, 0.717) is 5.56 Å². The van der Waals surface area contributed by atoms with Gasteiger partial charge in [0.25, 0.3) is 0 Å². The van der Waals surface area contributed by atoms with Gasteiger partial charge in [-0.2, -0.15) is 0 Å². The SMILES string of the molecule is CC(C)Oc1ccc(-c2nc(N)[nH]c2C(=O)O)cc1F. The second-order valence-electron chi connectivity index (χ2n) is 4.46. The summed E-state index contributed by atoms with van der Waals surface area (Å²) in [5, 5.41) is 9.04. The first kappa shape index (κ1) is 13.9. The van der Waals surface area contributed by atoms with E-state index in [0.717, 1.165) is 0 Å². The van der Waals surface area contributed by atoms with Crippen LogP contribution in [0.1, 0.15) is 24.3 Å². The van der Waals surface area contributed by atoms with E-state index in [1.165, 1.54) is 18.2 Å². The number of halogens is 1. The number of benzene rings is 1. The highest BCUT2D eigenvalue weighted by atomic mass is 19.1. The maximum Gasteiger partial charge on any atom is 0.354 e. The predicted molar refractivity (Wildman–Crippen MR) is 71.1 cm³/mol. The zero-order valence-electron chi connectivity index (χ0n) is 11.0. The van der Waals surface area contributed by atoms with Crippen LogP contribution in [-0.2, 0) is 0 Å². The third kappa shape index (κ3) is 2.71. The fraction of sp³-hybridized carbons (Fsp3) is 0.231. The number of hydrogen-bond donors (Lipinski definition) is 3. The van der Waals surface area contributed by atoms with Gasteiger partial charge < -0.3 is 20.6 Å². The van der Waals surface area contributed by atoms with Crippen LogP contribution in [0.4, 0.5) is 10.3 Å². The minimum atomic E-state index is -1.22. The number of imidazole rings is 1. The summed E-state index contributed by atoms with van der Waals surface area (Å²) in [4.78, 5) is 17.4. The molecule has 0 fully saturated rings. The molecule has 0 aliphatic heterocycles. The summed E-state index contributed by atoms with van der Waals surface area (Å²) in [5.41, 5.74) is 5.66. The summed E-state index contributed by atoms with van der Waals surface area (Å²) < 4.78 is 19.2. The van der Waals surface area contributed by atoms with E-state index in [1.54, 1.807) is 13.8 Å². The lowest BCUT2D eigenvalue weighted by atomic mass is 10.1. The summed E-state index contributed by atoms with van der Waals surface area (Å²) in [6.07, 6.45) is -0.161. The average molecular weight is 279 g/mol. The highest BCUT2D eigenvalue weighted by Gasteiger charge is 2.18. The molecule has 2 aromatic rings. The molecule has 0 saturated carbocycles. The molecule has 2 rings (SSSR count). The van der Waals surface area contributed by atoms with Crippen LogP contribution in [0, 0.1) is 5.82 Å². The third-order valence-electron chi connectivity index (χ3n) is 2.50. The lowest BCUT2D eigenvalue weighted by Gasteiger charge is -2.11. The van der Waals surface area contributed by atoms with Crippen LogP contribution < -0.4 is 10.5 Å². The van der Waals surface area contributed by atoms with Gasteiger partial charge in [0.1, 0.15) is 5.69 Å². The molecule has 1 aromatic carbocycles. The predicted octanol–water partition coefficient (Wildman–Crippen LogP) is 2.28. The highest BCUT2D eigenvalue weighted by Crippen LogP contribution is 2.28. The summed E-state index contributed by atoms with van der Waals surface area (Å²) in [6, 6.07) is 4.13.